The van der Waals surface area contributed by atoms with Gasteiger partial charge in [0.05, 0.1) is 0 Å². The van der Waals surface area contributed by atoms with Crippen LogP contribution in [0.4, 0.5) is 5.69 Å². The molecular weight excluding hydrogens is 342 g/mol. The number of aryl methyl sites for hydroxylation is 2. The molecule has 2 aromatic rings. The molecule has 0 aliphatic carbocycles. The van der Waals surface area contributed by atoms with E-state index >= 15 is 0 Å². The lowest BCUT2D eigenvalue weighted by atomic mass is 9.98. The first-order valence-electron chi connectivity index (χ1n) is 9.92. The van der Waals surface area contributed by atoms with Crippen molar-refractivity contribution in [2.24, 2.45) is 5.92 Å². The molecule has 2 aliphatic heterocycles. The molecule has 0 bridgehead atoms. The summed E-state index contributed by atoms with van der Waals surface area (Å²) in [7, 11) is 0. The third kappa shape index (κ3) is 3.50. The molecule has 1 saturated heterocycles. The molecule has 1 fully saturated rings. The molecular formula is C20H27N5O2. The standard InChI is InChI=1S/C20H27N5O2/c1-2-25-20(27)24-11-10-16(8-9-18(24)21-25)19(26)23-14-12-22(13-15-23)17-6-4-3-5-7-17/h3-7,16H,2,8-15H2,1H3. The fourth-order valence-corrected chi connectivity index (χ4v) is 4.16. The van der Waals surface area contributed by atoms with Crippen LogP contribution in [-0.2, 0) is 24.3 Å². The van der Waals surface area contributed by atoms with Crippen molar-refractivity contribution in [3.63, 3.8) is 0 Å². The smallest absolute Gasteiger partial charge is 0.345 e. The van der Waals surface area contributed by atoms with Gasteiger partial charge in [0.25, 0.3) is 0 Å². The van der Waals surface area contributed by atoms with Crippen LogP contribution in [0.3, 0.4) is 0 Å². The highest BCUT2D eigenvalue weighted by Gasteiger charge is 2.30. The molecule has 0 N–H and O–H groups in total. The zero-order chi connectivity index (χ0) is 18.8. The summed E-state index contributed by atoms with van der Waals surface area (Å²) >= 11 is 0. The predicted molar refractivity (Wildman–Crippen MR) is 104 cm³/mol. The molecule has 0 saturated carbocycles. The SMILES string of the molecule is CCn1nc2n(c1=O)CCC(C(=O)N1CCN(c3ccccc3)CC1)CC2. The van der Waals surface area contributed by atoms with Gasteiger partial charge in [-0.05, 0) is 31.9 Å². The van der Waals surface area contributed by atoms with E-state index in [2.05, 4.69) is 22.1 Å². The zero-order valence-corrected chi connectivity index (χ0v) is 15.9. The highest BCUT2D eigenvalue weighted by molar-refractivity contribution is 5.79. The Morgan fingerprint density at radius 2 is 1.81 bits per heavy atom. The van der Waals surface area contributed by atoms with E-state index in [1.165, 1.54) is 10.4 Å². The number of carbonyl (C=O) groups is 1. The summed E-state index contributed by atoms with van der Waals surface area (Å²) in [4.78, 5) is 29.7. The predicted octanol–water partition coefficient (Wildman–Crippen LogP) is 1.37. The normalized spacial score (nSPS) is 20.3. The number of aromatic nitrogens is 3. The van der Waals surface area contributed by atoms with Crippen molar-refractivity contribution in [2.75, 3.05) is 31.1 Å². The summed E-state index contributed by atoms with van der Waals surface area (Å²) in [6.45, 7) is 6.36. The first-order chi connectivity index (χ1) is 13.2. The molecule has 2 aliphatic rings. The van der Waals surface area contributed by atoms with Crippen molar-refractivity contribution >= 4 is 11.6 Å². The monoisotopic (exact) mass is 369 g/mol. The second-order valence-electron chi connectivity index (χ2n) is 7.34. The molecule has 1 unspecified atom stereocenters. The molecule has 27 heavy (non-hydrogen) atoms. The number of benzene rings is 1. The fraction of sp³-hybridized carbons (Fsp3) is 0.550. The summed E-state index contributed by atoms with van der Waals surface area (Å²) in [6.07, 6.45) is 2.20. The Bertz CT molecular complexity index is 849. The van der Waals surface area contributed by atoms with Gasteiger partial charge in [-0.25, -0.2) is 9.48 Å². The summed E-state index contributed by atoms with van der Waals surface area (Å²) in [5, 5.41) is 4.41. The Hall–Kier alpha value is -2.57. The number of rotatable bonds is 3. The Morgan fingerprint density at radius 3 is 2.52 bits per heavy atom. The van der Waals surface area contributed by atoms with Crippen LogP contribution in [0.5, 0.6) is 0 Å². The molecule has 0 radical (unpaired) electrons. The lowest BCUT2D eigenvalue weighted by Crippen LogP contribution is -2.50. The Labute approximate surface area is 159 Å². The van der Waals surface area contributed by atoms with E-state index in [0.717, 1.165) is 44.8 Å². The molecule has 1 aromatic heterocycles. The molecule has 0 spiro atoms. The second kappa shape index (κ2) is 7.58. The van der Waals surface area contributed by atoms with E-state index in [1.807, 2.05) is 30.0 Å². The number of para-hydroxylation sites is 1. The van der Waals surface area contributed by atoms with Crippen LogP contribution in [0.15, 0.2) is 35.1 Å². The number of hydrogen-bond donors (Lipinski definition) is 0. The minimum Gasteiger partial charge on any atom is -0.368 e. The van der Waals surface area contributed by atoms with E-state index in [0.29, 0.717) is 19.5 Å². The van der Waals surface area contributed by atoms with Crippen molar-refractivity contribution in [3.05, 3.63) is 46.6 Å². The Balaban J connectivity index is 1.36. The van der Waals surface area contributed by atoms with Crippen molar-refractivity contribution in [1.82, 2.24) is 19.2 Å². The highest BCUT2D eigenvalue weighted by atomic mass is 16.2. The van der Waals surface area contributed by atoms with Gasteiger partial charge in [0, 0.05) is 57.3 Å². The average molecular weight is 369 g/mol. The minimum absolute atomic E-state index is 0.00977. The van der Waals surface area contributed by atoms with Crippen molar-refractivity contribution < 1.29 is 4.79 Å². The van der Waals surface area contributed by atoms with Crippen LogP contribution < -0.4 is 10.6 Å². The van der Waals surface area contributed by atoms with Crippen molar-refractivity contribution in [3.8, 4) is 0 Å². The molecule has 1 aromatic carbocycles. The number of nitrogens with zero attached hydrogens (tertiary/aromatic N) is 5. The van der Waals surface area contributed by atoms with Crippen molar-refractivity contribution in [2.45, 2.75) is 39.3 Å². The molecule has 144 valence electrons. The molecule has 7 heteroatoms. The Morgan fingerprint density at radius 1 is 1.07 bits per heavy atom. The van der Waals surface area contributed by atoms with Crippen LogP contribution in [0.25, 0.3) is 0 Å². The molecule has 3 heterocycles. The van der Waals surface area contributed by atoms with Gasteiger partial charge in [-0.3, -0.25) is 9.36 Å². The van der Waals surface area contributed by atoms with Crippen LogP contribution >= 0.6 is 0 Å². The van der Waals surface area contributed by atoms with Gasteiger partial charge in [0.1, 0.15) is 5.82 Å². The summed E-state index contributed by atoms with van der Waals surface area (Å²) < 4.78 is 3.27. The van der Waals surface area contributed by atoms with Crippen LogP contribution in [0.2, 0.25) is 0 Å². The maximum Gasteiger partial charge on any atom is 0.345 e. The second-order valence-corrected chi connectivity index (χ2v) is 7.34. The first kappa shape index (κ1) is 17.8. The van der Waals surface area contributed by atoms with Gasteiger partial charge in [-0.2, -0.15) is 5.10 Å². The lowest BCUT2D eigenvalue weighted by molar-refractivity contribution is -0.136. The van der Waals surface area contributed by atoms with Crippen LogP contribution in [0.1, 0.15) is 25.6 Å². The quantitative estimate of drug-likeness (QED) is 0.820. The van der Waals surface area contributed by atoms with Gasteiger partial charge in [-0.1, -0.05) is 18.2 Å². The number of hydrogen-bond acceptors (Lipinski definition) is 4. The molecule has 1 amide bonds. The summed E-state index contributed by atoms with van der Waals surface area (Å²) in [5.41, 5.74) is 1.17. The van der Waals surface area contributed by atoms with E-state index in [1.54, 1.807) is 4.57 Å². The third-order valence-corrected chi connectivity index (χ3v) is 5.78. The largest absolute Gasteiger partial charge is 0.368 e. The number of carbonyl (C=O) groups excluding carboxylic acids is 1. The highest BCUT2D eigenvalue weighted by Crippen LogP contribution is 2.22. The third-order valence-electron chi connectivity index (χ3n) is 5.78. The minimum atomic E-state index is -0.0444. The van der Waals surface area contributed by atoms with Crippen LogP contribution in [-0.4, -0.2) is 51.3 Å². The van der Waals surface area contributed by atoms with Crippen LogP contribution in [0, 0.1) is 5.92 Å². The number of piperazine rings is 1. The van der Waals surface area contributed by atoms with Gasteiger partial charge in [-0.15, -0.1) is 0 Å². The van der Waals surface area contributed by atoms with Gasteiger partial charge < -0.3 is 9.80 Å². The number of anilines is 1. The first-order valence-corrected chi connectivity index (χ1v) is 9.92. The van der Waals surface area contributed by atoms with E-state index in [-0.39, 0.29) is 17.5 Å². The molecule has 1 atom stereocenters. The molecule has 4 rings (SSSR count). The lowest BCUT2D eigenvalue weighted by Gasteiger charge is -2.37. The van der Waals surface area contributed by atoms with Gasteiger partial charge >= 0.3 is 5.69 Å². The number of amides is 1. The van der Waals surface area contributed by atoms with Crippen molar-refractivity contribution in [1.29, 1.82) is 0 Å². The Kier molecular flexibility index (Phi) is 5.01. The van der Waals surface area contributed by atoms with Gasteiger partial charge in [0.2, 0.25) is 5.91 Å². The van der Waals surface area contributed by atoms with E-state index in [4.69, 9.17) is 0 Å². The van der Waals surface area contributed by atoms with Gasteiger partial charge in [0.15, 0.2) is 0 Å². The zero-order valence-electron chi connectivity index (χ0n) is 15.9. The van der Waals surface area contributed by atoms with E-state index < -0.39 is 0 Å². The maximum absolute atomic E-state index is 13.0. The topological polar surface area (TPSA) is 63.4 Å². The summed E-state index contributed by atoms with van der Waals surface area (Å²) in [6, 6.07) is 10.4. The van der Waals surface area contributed by atoms with E-state index in [9.17, 15) is 9.59 Å². The number of fused-ring (bicyclic) bond motifs is 1. The fourth-order valence-electron chi connectivity index (χ4n) is 4.16. The molecule has 7 nitrogen and oxygen atoms in total. The maximum atomic E-state index is 13.0. The average Bonchev–Trinajstić information content (AvgIpc) is 2.89. The summed E-state index contributed by atoms with van der Waals surface area (Å²) in [5.74, 6) is 1.06.